The van der Waals surface area contributed by atoms with Crippen LogP contribution in [0.1, 0.15) is 65.1 Å². The quantitative estimate of drug-likeness (QED) is 0.716. The largest absolute Gasteiger partial charge is 0.449 e. The average Bonchev–Trinajstić information content (AvgIpc) is 3.46. The molecule has 6 nitrogen and oxygen atoms in total. The lowest BCUT2D eigenvalue weighted by atomic mass is 9.88. The van der Waals surface area contributed by atoms with Gasteiger partial charge in [0.05, 0.1) is 17.5 Å². The summed E-state index contributed by atoms with van der Waals surface area (Å²) in [5, 5.41) is 0. The molecule has 160 valence electrons. The Balaban J connectivity index is 1.21. The van der Waals surface area contributed by atoms with Crippen LogP contribution in [0.15, 0.2) is 42.7 Å². The predicted molar refractivity (Wildman–Crippen MR) is 113 cm³/mol. The van der Waals surface area contributed by atoms with E-state index in [1.165, 1.54) is 5.56 Å². The van der Waals surface area contributed by atoms with E-state index >= 15 is 0 Å². The number of hydrogen-bond donors (Lipinski definition) is 0. The van der Waals surface area contributed by atoms with Crippen LogP contribution in [-0.2, 0) is 25.3 Å². The molecule has 31 heavy (non-hydrogen) atoms. The minimum absolute atomic E-state index is 0.168. The average molecular weight is 418 g/mol. The third kappa shape index (κ3) is 2.92. The number of carbonyl (C=O) groups excluding carboxylic acids is 2. The molecule has 2 aromatic rings. The second kappa shape index (κ2) is 6.89. The predicted octanol–water partition coefficient (Wildman–Crippen LogP) is 3.31. The second-order valence-electron chi connectivity index (χ2n) is 9.37. The number of esters is 1. The molecule has 4 heterocycles. The maximum absolute atomic E-state index is 13.6. The lowest BCUT2D eigenvalue weighted by molar-refractivity contribution is -0.134. The Labute approximate surface area is 181 Å². The molecular formula is C25H26N2O4. The number of benzene rings is 1. The number of pyridine rings is 1. The van der Waals surface area contributed by atoms with Crippen molar-refractivity contribution in [1.29, 1.82) is 0 Å². The highest BCUT2D eigenvalue weighted by molar-refractivity contribution is 5.95. The molecule has 6 rings (SSSR count). The van der Waals surface area contributed by atoms with Gasteiger partial charge < -0.3 is 14.4 Å². The van der Waals surface area contributed by atoms with Gasteiger partial charge in [-0.25, -0.2) is 4.79 Å². The van der Waals surface area contributed by atoms with Crippen molar-refractivity contribution >= 4 is 11.9 Å². The highest BCUT2D eigenvalue weighted by atomic mass is 16.6. The molecule has 1 atom stereocenters. The molecule has 1 aliphatic carbocycles. The minimum Gasteiger partial charge on any atom is -0.449 e. The molecule has 1 amide bonds. The number of ether oxygens (including phenoxy) is 2. The van der Waals surface area contributed by atoms with Crippen molar-refractivity contribution in [3.8, 4) is 0 Å². The Morgan fingerprint density at radius 3 is 2.58 bits per heavy atom. The maximum Gasteiger partial charge on any atom is 0.341 e. The van der Waals surface area contributed by atoms with E-state index in [4.69, 9.17) is 9.47 Å². The van der Waals surface area contributed by atoms with Crippen LogP contribution < -0.4 is 0 Å². The maximum atomic E-state index is 13.6. The fraction of sp³-hybridized carbons (Fsp3) is 0.480. The Morgan fingerprint density at radius 1 is 1.06 bits per heavy atom. The Morgan fingerprint density at radius 2 is 1.84 bits per heavy atom. The zero-order valence-electron chi connectivity index (χ0n) is 17.5. The summed E-state index contributed by atoms with van der Waals surface area (Å²) in [6.45, 7) is 2.69. The fourth-order valence-electron chi connectivity index (χ4n) is 5.66. The van der Waals surface area contributed by atoms with Gasteiger partial charge in [0.15, 0.2) is 5.60 Å². The summed E-state index contributed by atoms with van der Waals surface area (Å²) in [6.07, 6.45) is 7.79. The second-order valence-corrected chi connectivity index (χ2v) is 9.37. The lowest BCUT2D eigenvalue weighted by Gasteiger charge is -2.27. The van der Waals surface area contributed by atoms with E-state index < -0.39 is 11.0 Å². The van der Waals surface area contributed by atoms with E-state index in [9.17, 15) is 9.59 Å². The molecule has 1 spiro atoms. The highest BCUT2D eigenvalue weighted by Crippen LogP contribution is 2.52. The van der Waals surface area contributed by atoms with Gasteiger partial charge in [0.1, 0.15) is 0 Å². The molecule has 3 fully saturated rings. The zero-order valence-corrected chi connectivity index (χ0v) is 17.5. The van der Waals surface area contributed by atoms with Gasteiger partial charge in [0.2, 0.25) is 5.91 Å². The number of aromatic nitrogens is 1. The summed E-state index contributed by atoms with van der Waals surface area (Å²) in [5.74, 6) is 0.391. The number of likely N-dealkylation sites (tertiary alicyclic amines) is 1. The monoisotopic (exact) mass is 418 g/mol. The number of amides is 1. The highest BCUT2D eigenvalue weighted by Gasteiger charge is 2.57. The standard InChI is InChI=1S/C25H26N2O4/c28-22-20-15-26-11-5-21(20)25(31-22)10-12-27(16-25)23(29)24(8-9-24)19-3-1-17(2-4-19)18-6-13-30-14-7-18/h1-5,11,15,18H,6-10,12-14,16H2/t25-/m0/s1. The van der Waals surface area contributed by atoms with Gasteiger partial charge in [-0.15, -0.1) is 0 Å². The summed E-state index contributed by atoms with van der Waals surface area (Å²) >= 11 is 0. The van der Waals surface area contributed by atoms with Crippen LogP contribution in [0.4, 0.5) is 0 Å². The van der Waals surface area contributed by atoms with Gasteiger partial charge >= 0.3 is 5.97 Å². The summed E-state index contributed by atoms with van der Waals surface area (Å²) < 4.78 is 11.3. The normalized spacial score (nSPS) is 26.7. The zero-order chi connectivity index (χ0) is 21.1. The van der Waals surface area contributed by atoms with E-state index in [0.717, 1.165) is 50.0 Å². The molecule has 2 saturated heterocycles. The molecule has 0 N–H and O–H groups in total. The first-order chi connectivity index (χ1) is 15.1. The summed E-state index contributed by atoms with van der Waals surface area (Å²) in [7, 11) is 0. The van der Waals surface area contributed by atoms with Crippen LogP contribution in [0, 0.1) is 0 Å². The van der Waals surface area contributed by atoms with Crippen LogP contribution in [-0.4, -0.2) is 48.1 Å². The minimum atomic E-state index is -0.714. The fourth-order valence-corrected chi connectivity index (χ4v) is 5.66. The van der Waals surface area contributed by atoms with Crippen LogP contribution in [0.5, 0.6) is 0 Å². The van der Waals surface area contributed by atoms with E-state index in [0.29, 0.717) is 31.0 Å². The van der Waals surface area contributed by atoms with E-state index in [1.54, 1.807) is 12.4 Å². The topological polar surface area (TPSA) is 68.7 Å². The van der Waals surface area contributed by atoms with Gasteiger partial charge in [0.25, 0.3) is 0 Å². The summed E-state index contributed by atoms with van der Waals surface area (Å²) in [4.78, 5) is 31.9. The van der Waals surface area contributed by atoms with Crippen molar-refractivity contribution in [3.63, 3.8) is 0 Å². The number of carbonyl (C=O) groups is 2. The first-order valence-corrected chi connectivity index (χ1v) is 11.3. The van der Waals surface area contributed by atoms with Crippen LogP contribution >= 0.6 is 0 Å². The third-order valence-electron chi connectivity index (χ3n) is 7.65. The Bertz CT molecular complexity index is 1040. The van der Waals surface area contributed by atoms with Gasteiger partial charge in [-0.2, -0.15) is 0 Å². The molecule has 1 aromatic heterocycles. The van der Waals surface area contributed by atoms with E-state index in [2.05, 4.69) is 29.2 Å². The van der Waals surface area contributed by atoms with Gasteiger partial charge in [-0.05, 0) is 48.8 Å². The molecule has 0 bridgehead atoms. The molecule has 6 heteroatoms. The van der Waals surface area contributed by atoms with Crippen molar-refractivity contribution in [2.24, 2.45) is 0 Å². The number of rotatable bonds is 3. The molecular weight excluding hydrogens is 392 g/mol. The van der Waals surface area contributed by atoms with Crippen LogP contribution in [0.2, 0.25) is 0 Å². The van der Waals surface area contributed by atoms with Crippen LogP contribution in [0.25, 0.3) is 0 Å². The molecule has 0 unspecified atom stereocenters. The first-order valence-electron chi connectivity index (χ1n) is 11.3. The van der Waals surface area contributed by atoms with Crippen molar-refractivity contribution in [2.75, 3.05) is 26.3 Å². The van der Waals surface area contributed by atoms with Crippen LogP contribution in [0.3, 0.4) is 0 Å². The smallest absolute Gasteiger partial charge is 0.341 e. The van der Waals surface area contributed by atoms with Gasteiger partial charge in [-0.3, -0.25) is 9.78 Å². The molecule has 4 aliphatic rings. The Kier molecular flexibility index (Phi) is 4.22. The molecule has 1 aromatic carbocycles. The number of nitrogens with zero attached hydrogens (tertiary/aromatic N) is 2. The SMILES string of the molecule is O=C1O[C@]2(CCN(C(=O)C3(c4ccc(C5CCOCC5)cc4)CC3)C2)c2ccncc21. The number of hydrogen-bond acceptors (Lipinski definition) is 5. The number of fused-ring (bicyclic) bond motifs is 2. The molecule has 1 saturated carbocycles. The lowest BCUT2D eigenvalue weighted by Crippen LogP contribution is -2.40. The van der Waals surface area contributed by atoms with Crippen molar-refractivity contribution in [3.05, 3.63) is 65.0 Å². The summed E-state index contributed by atoms with van der Waals surface area (Å²) in [5.41, 5.74) is 2.73. The third-order valence-corrected chi connectivity index (χ3v) is 7.65. The van der Waals surface area contributed by atoms with E-state index in [1.807, 2.05) is 11.0 Å². The molecule has 0 radical (unpaired) electrons. The van der Waals surface area contributed by atoms with Gasteiger partial charge in [-0.1, -0.05) is 24.3 Å². The molecule has 3 aliphatic heterocycles. The van der Waals surface area contributed by atoms with Crippen molar-refractivity contribution in [1.82, 2.24) is 9.88 Å². The Hall–Kier alpha value is -2.73. The van der Waals surface area contributed by atoms with E-state index in [-0.39, 0.29) is 11.9 Å². The first kappa shape index (κ1) is 19.0. The van der Waals surface area contributed by atoms with Crippen molar-refractivity contribution < 1.29 is 19.1 Å². The van der Waals surface area contributed by atoms with Gasteiger partial charge in [0, 0.05) is 44.1 Å². The summed E-state index contributed by atoms with van der Waals surface area (Å²) in [6, 6.07) is 10.6. The van der Waals surface area contributed by atoms with Crippen molar-refractivity contribution in [2.45, 2.75) is 49.0 Å².